The van der Waals surface area contributed by atoms with Gasteiger partial charge in [0, 0.05) is 25.2 Å². The number of carbonyl (C=O) groups excluding carboxylic acids is 1. The zero-order valence-corrected chi connectivity index (χ0v) is 12.0. The van der Waals surface area contributed by atoms with E-state index in [1.54, 1.807) is 12.1 Å². The summed E-state index contributed by atoms with van der Waals surface area (Å²) in [4.78, 5) is 11.7. The first-order chi connectivity index (χ1) is 10.1. The molecule has 0 saturated carbocycles. The number of carbonyl (C=O) groups is 1. The molecule has 3 nitrogen and oxygen atoms in total. The van der Waals surface area contributed by atoms with Crippen LogP contribution in [0.5, 0.6) is 0 Å². The minimum Gasteiger partial charge on any atom is -0.385 e. The van der Waals surface area contributed by atoms with E-state index >= 15 is 0 Å². The molecule has 21 heavy (non-hydrogen) atoms. The minimum absolute atomic E-state index is 0.0283. The van der Waals surface area contributed by atoms with Crippen molar-refractivity contribution in [1.82, 2.24) is 5.32 Å². The van der Waals surface area contributed by atoms with E-state index in [-0.39, 0.29) is 11.7 Å². The molecular weight excluding hydrogens is 267 g/mol. The van der Waals surface area contributed by atoms with Crippen molar-refractivity contribution < 1.29 is 9.18 Å². The molecule has 0 aromatic heterocycles. The minimum atomic E-state index is -0.271. The van der Waals surface area contributed by atoms with Crippen molar-refractivity contribution in [3.8, 4) is 0 Å². The number of amides is 1. The fourth-order valence-electron chi connectivity index (χ4n) is 1.97. The molecule has 110 valence electrons. The first kappa shape index (κ1) is 15.0. The Balaban J connectivity index is 1.69. The van der Waals surface area contributed by atoms with E-state index in [2.05, 4.69) is 10.6 Å². The van der Waals surface area contributed by atoms with Crippen LogP contribution in [0.1, 0.15) is 17.5 Å². The highest BCUT2D eigenvalue weighted by Crippen LogP contribution is 2.09. The van der Waals surface area contributed by atoms with Gasteiger partial charge in [-0.1, -0.05) is 24.3 Å². The molecule has 0 fully saturated rings. The molecule has 0 radical (unpaired) electrons. The highest BCUT2D eigenvalue weighted by Gasteiger charge is 2.01. The summed E-state index contributed by atoms with van der Waals surface area (Å²) >= 11 is 0. The standard InChI is InChI=1S/C17H19FN2O/c1-13-3-2-4-16(11-13)19-10-9-17(21)20-12-14-5-7-15(18)8-6-14/h2-8,11,19H,9-10,12H2,1H3,(H,20,21). The molecular formula is C17H19FN2O. The normalized spacial score (nSPS) is 10.2. The summed E-state index contributed by atoms with van der Waals surface area (Å²) < 4.78 is 12.7. The highest BCUT2D eigenvalue weighted by atomic mass is 19.1. The van der Waals surface area contributed by atoms with Crippen molar-refractivity contribution in [1.29, 1.82) is 0 Å². The average Bonchev–Trinajstić information content (AvgIpc) is 2.47. The van der Waals surface area contributed by atoms with Crippen LogP contribution in [0.4, 0.5) is 10.1 Å². The lowest BCUT2D eigenvalue weighted by atomic mass is 10.2. The molecule has 2 rings (SSSR count). The van der Waals surface area contributed by atoms with Crippen molar-refractivity contribution >= 4 is 11.6 Å². The Morgan fingerprint density at radius 2 is 1.90 bits per heavy atom. The molecule has 0 spiro atoms. The SMILES string of the molecule is Cc1cccc(NCCC(=O)NCc2ccc(F)cc2)c1. The lowest BCUT2D eigenvalue weighted by Gasteiger charge is -2.08. The van der Waals surface area contributed by atoms with Gasteiger partial charge in [0.1, 0.15) is 5.82 Å². The lowest BCUT2D eigenvalue weighted by molar-refractivity contribution is -0.121. The number of anilines is 1. The Bertz CT molecular complexity index is 596. The lowest BCUT2D eigenvalue weighted by Crippen LogP contribution is -2.24. The van der Waals surface area contributed by atoms with Gasteiger partial charge in [0.2, 0.25) is 5.91 Å². The number of nitrogens with one attached hydrogen (secondary N) is 2. The summed E-state index contributed by atoms with van der Waals surface area (Å²) in [6.07, 6.45) is 0.398. The molecule has 0 aliphatic rings. The first-order valence-electron chi connectivity index (χ1n) is 6.95. The number of aryl methyl sites for hydroxylation is 1. The molecule has 0 heterocycles. The smallest absolute Gasteiger partial charge is 0.222 e. The molecule has 0 atom stereocenters. The summed E-state index contributed by atoms with van der Waals surface area (Å²) in [6, 6.07) is 14.1. The predicted molar refractivity (Wildman–Crippen MR) is 82.5 cm³/mol. The molecule has 0 bridgehead atoms. The molecule has 2 N–H and O–H groups in total. The van der Waals surface area contributed by atoms with Crippen molar-refractivity contribution in [2.45, 2.75) is 19.9 Å². The molecule has 0 aliphatic carbocycles. The van der Waals surface area contributed by atoms with Gasteiger partial charge in [0.05, 0.1) is 0 Å². The van der Waals surface area contributed by atoms with Gasteiger partial charge in [0.25, 0.3) is 0 Å². The summed E-state index contributed by atoms with van der Waals surface area (Å²) in [7, 11) is 0. The van der Waals surface area contributed by atoms with Gasteiger partial charge in [-0.15, -0.1) is 0 Å². The number of benzene rings is 2. The quantitative estimate of drug-likeness (QED) is 0.856. The van der Waals surface area contributed by atoms with Gasteiger partial charge in [-0.25, -0.2) is 4.39 Å². The van der Waals surface area contributed by atoms with Crippen LogP contribution in [-0.4, -0.2) is 12.5 Å². The second-order valence-corrected chi connectivity index (χ2v) is 4.95. The van der Waals surface area contributed by atoms with Crippen LogP contribution in [0.2, 0.25) is 0 Å². The van der Waals surface area contributed by atoms with Gasteiger partial charge < -0.3 is 10.6 Å². The number of hydrogen-bond donors (Lipinski definition) is 2. The summed E-state index contributed by atoms with van der Waals surface area (Å²) in [5.41, 5.74) is 3.08. The number of halogens is 1. The number of rotatable bonds is 6. The van der Waals surface area contributed by atoms with Crippen molar-refractivity contribution in [2.75, 3.05) is 11.9 Å². The summed E-state index contributed by atoms with van der Waals surface area (Å²) in [5, 5.41) is 6.03. The molecule has 2 aromatic rings. The van der Waals surface area contributed by atoms with Crippen molar-refractivity contribution in [2.24, 2.45) is 0 Å². The maximum atomic E-state index is 12.7. The van der Waals surface area contributed by atoms with E-state index in [1.807, 2.05) is 31.2 Å². The van der Waals surface area contributed by atoms with Crippen LogP contribution in [0.3, 0.4) is 0 Å². The van der Waals surface area contributed by atoms with Gasteiger partial charge >= 0.3 is 0 Å². The van der Waals surface area contributed by atoms with E-state index in [0.29, 0.717) is 19.5 Å². The van der Waals surface area contributed by atoms with Gasteiger partial charge in [-0.05, 0) is 42.3 Å². The topological polar surface area (TPSA) is 41.1 Å². The van der Waals surface area contributed by atoms with Crippen LogP contribution in [0, 0.1) is 12.7 Å². The Morgan fingerprint density at radius 1 is 1.14 bits per heavy atom. The monoisotopic (exact) mass is 286 g/mol. The zero-order valence-electron chi connectivity index (χ0n) is 12.0. The third kappa shape index (κ3) is 5.26. The fourth-order valence-corrected chi connectivity index (χ4v) is 1.97. The first-order valence-corrected chi connectivity index (χ1v) is 6.95. The van der Waals surface area contributed by atoms with Crippen molar-refractivity contribution in [3.63, 3.8) is 0 Å². The van der Waals surface area contributed by atoms with Gasteiger partial charge in [-0.2, -0.15) is 0 Å². The maximum absolute atomic E-state index is 12.7. The molecule has 4 heteroatoms. The predicted octanol–water partition coefficient (Wildman–Crippen LogP) is 3.25. The van der Waals surface area contributed by atoms with E-state index in [9.17, 15) is 9.18 Å². The van der Waals surface area contributed by atoms with Crippen LogP contribution < -0.4 is 10.6 Å². The van der Waals surface area contributed by atoms with E-state index < -0.39 is 0 Å². The van der Waals surface area contributed by atoms with E-state index in [4.69, 9.17) is 0 Å². The molecule has 0 unspecified atom stereocenters. The second kappa shape index (κ2) is 7.43. The molecule has 0 saturated heterocycles. The summed E-state index contributed by atoms with van der Waals surface area (Å²) in [5.74, 6) is -0.299. The Morgan fingerprint density at radius 3 is 2.62 bits per heavy atom. The maximum Gasteiger partial charge on any atom is 0.222 e. The Labute approximate surface area is 124 Å². The number of hydrogen-bond acceptors (Lipinski definition) is 2. The summed E-state index contributed by atoms with van der Waals surface area (Å²) in [6.45, 7) is 3.03. The highest BCUT2D eigenvalue weighted by molar-refractivity contribution is 5.76. The van der Waals surface area contributed by atoms with Gasteiger partial charge in [0.15, 0.2) is 0 Å². The van der Waals surface area contributed by atoms with Gasteiger partial charge in [-0.3, -0.25) is 4.79 Å². The average molecular weight is 286 g/mol. The molecule has 0 aliphatic heterocycles. The van der Waals surface area contributed by atoms with Crippen LogP contribution >= 0.6 is 0 Å². The van der Waals surface area contributed by atoms with E-state index in [0.717, 1.165) is 11.3 Å². The third-order valence-electron chi connectivity index (χ3n) is 3.10. The largest absolute Gasteiger partial charge is 0.385 e. The third-order valence-corrected chi connectivity index (χ3v) is 3.10. The fraction of sp³-hybridized carbons (Fsp3) is 0.235. The van der Waals surface area contributed by atoms with Crippen LogP contribution in [0.25, 0.3) is 0 Å². The van der Waals surface area contributed by atoms with Crippen molar-refractivity contribution in [3.05, 3.63) is 65.5 Å². The zero-order chi connectivity index (χ0) is 15.1. The Hall–Kier alpha value is -2.36. The molecule has 2 aromatic carbocycles. The van der Waals surface area contributed by atoms with Crippen LogP contribution in [-0.2, 0) is 11.3 Å². The van der Waals surface area contributed by atoms with Crippen LogP contribution in [0.15, 0.2) is 48.5 Å². The van der Waals surface area contributed by atoms with E-state index in [1.165, 1.54) is 17.7 Å². The second-order valence-electron chi connectivity index (χ2n) is 4.95. The molecule has 1 amide bonds. The Kier molecular flexibility index (Phi) is 5.32.